The van der Waals surface area contributed by atoms with E-state index in [1.807, 2.05) is 0 Å². The normalized spacial score (nSPS) is 14.2. The van der Waals surface area contributed by atoms with Gasteiger partial charge in [-0.25, -0.2) is 12.8 Å². The minimum absolute atomic E-state index is 0.197. The lowest BCUT2D eigenvalue weighted by atomic mass is 10.2. The van der Waals surface area contributed by atoms with Gasteiger partial charge in [-0.2, -0.15) is 0 Å². The number of hydrogen-bond donors (Lipinski definition) is 0. The topological polar surface area (TPSA) is 81.2 Å². The lowest BCUT2D eigenvalue weighted by Gasteiger charge is -2.37. The third kappa shape index (κ3) is 5.56. The molecule has 2 amide bonds. The van der Waals surface area contributed by atoms with E-state index in [9.17, 15) is 22.4 Å². The van der Waals surface area contributed by atoms with Gasteiger partial charge in [0, 0.05) is 51.5 Å². The van der Waals surface area contributed by atoms with Crippen molar-refractivity contribution in [2.75, 3.05) is 62.3 Å². The van der Waals surface area contributed by atoms with E-state index in [1.54, 1.807) is 43.3 Å². The van der Waals surface area contributed by atoms with Crippen molar-refractivity contribution < 1.29 is 22.4 Å². The van der Waals surface area contributed by atoms with Crippen LogP contribution in [0.4, 0.5) is 15.8 Å². The summed E-state index contributed by atoms with van der Waals surface area (Å²) in [6.45, 7) is 1.68. The van der Waals surface area contributed by atoms with Crippen molar-refractivity contribution in [1.29, 1.82) is 0 Å². The Hall–Kier alpha value is -3.14. The van der Waals surface area contributed by atoms with Gasteiger partial charge >= 0.3 is 0 Å². The molecule has 1 heterocycles. The average molecular weight is 463 g/mol. The summed E-state index contributed by atoms with van der Waals surface area (Å²) in [5.74, 6) is -0.803. The van der Waals surface area contributed by atoms with Crippen LogP contribution < -0.4 is 9.21 Å². The summed E-state index contributed by atoms with van der Waals surface area (Å²) < 4.78 is 38.9. The fourth-order valence-corrected chi connectivity index (χ4v) is 4.37. The number of amides is 2. The van der Waals surface area contributed by atoms with Crippen molar-refractivity contribution in [3.63, 3.8) is 0 Å². The number of carbonyl (C=O) groups excluding carboxylic acids is 2. The smallest absolute Gasteiger partial charge is 0.253 e. The molecule has 0 saturated carbocycles. The Morgan fingerprint density at radius 1 is 0.938 bits per heavy atom. The number of halogens is 1. The Kier molecular flexibility index (Phi) is 7.02. The number of anilines is 2. The molecule has 0 radical (unpaired) electrons. The van der Waals surface area contributed by atoms with Crippen molar-refractivity contribution in [2.24, 2.45) is 0 Å². The SMILES string of the molecule is CN(C)C(=O)c1ccc(N(CC(=O)N2CCN(c3ccc(F)cc3)CC2)S(C)(=O)=O)cc1. The first-order valence-corrected chi connectivity index (χ1v) is 12.0. The molecule has 0 aromatic heterocycles. The second-order valence-corrected chi connectivity index (χ2v) is 9.77. The molecule has 0 aliphatic carbocycles. The van der Waals surface area contributed by atoms with Crippen molar-refractivity contribution in [2.45, 2.75) is 0 Å². The highest BCUT2D eigenvalue weighted by molar-refractivity contribution is 7.92. The fourth-order valence-electron chi connectivity index (χ4n) is 3.52. The van der Waals surface area contributed by atoms with Crippen molar-refractivity contribution in [3.8, 4) is 0 Å². The van der Waals surface area contributed by atoms with Crippen LogP contribution in [0.25, 0.3) is 0 Å². The van der Waals surface area contributed by atoms with E-state index in [4.69, 9.17) is 0 Å². The van der Waals surface area contributed by atoms with E-state index in [2.05, 4.69) is 4.90 Å². The predicted octanol–water partition coefficient (Wildman–Crippen LogP) is 1.64. The molecule has 2 aromatic rings. The number of nitrogens with zero attached hydrogens (tertiary/aromatic N) is 4. The van der Waals surface area contributed by atoms with Gasteiger partial charge in [0.05, 0.1) is 11.9 Å². The number of sulfonamides is 1. The van der Waals surface area contributed by atoms with Gasteiger partial charge in [0.2, 0.25) is 15.9 Å². The lowest BCUT2D eigenvalue weighted by Crippen LogP contribution is -2.52. The number of piperazine rings is 1. The molecule has 172 valence electrons. The number of carbonyl (C=O) groups is 2. The van der Waals surface area contributed by atoms with Crippen molar-refractivity contribution in [1.82, 2.24) is 9.80 Å². The van der Waals surface area contributed by atoms with Crippen LogP contribution in [0.2, 0.25) is 0 Å². The Morgan fingerprint density at radius 3 is 2.00 bits per heavy atom. The van der Waals surface area contributed by atoms with E-state index in [0.717, 1.165) is 16.2 Å². The number of benzene rings is 2. The van der Waals surface area contributed by atoms with E-state index in [-0.39, 0.29) is 24.2 Å². The van der Waals surface area contributed by atoms with Gasteiger partial charge in [-0.15, -0.1) is 0 Å². The number of hydrogen-bond acceptors (Lipinski definition) is 5. The van der Waals surface area contributed by atoms with Crippen LogP contribution >= 0.6 is 0 Å². The fraction of sp³-hybridized carbons (Fsp3) is 0.364. The predicted molar refractivity (Wildman–Crippen MR) is 122 cm³/mol. The van der Waals surface area contributed by atoms with Crippen LogP contribution in [0.1, 0.15) is 10.4 Å². The molecular formula is C22H27FN4O4S. The lowest BCUT2D eigenvalue weighted by molar-refractivity contribution is -0.129. The monoisotopic (exact) mass is 462 g/mol. The second kappa shape index (κ2) is 9.56. The summed E-state index contributed by atoms with van der Waals surface area (Å²) in [5, 5.41) is 0. The van der Waals surface area contributed by atoms with Gasteiger partial charge < -0.3 is 14.7 Å². The maximum Gasteiger partial charge on any atom is 0.253 e. The molecule has 1 saturated heterocycles. The first kappa shape index (κ1) is 23.5. The van der Waals surface area contributed by atoms with Crippen LogP contribution in [0, 0.1) is 5.82 Å². The molecule has 0 atom stereocenters. The van der Waals surface area contributed by atoms with Gasteiger partial charge in [0.15, 0.2) is 0 Å². The van der Waals surface area contributed by atoms with Gasteiger partial charge in [-0.3, -0.25) is 13.9 Å². The zero-order valence-corrected chi connectivity index (χ0v) is 19.2. The number of rotatable bonds is 6. The van der Waals surface area contributed by atoms with Crippen molar-refractivity contribution in [3.05, 3.63) is 59.9 Å². The maximum atomic E-state index is 13.1. The quantitative estimate of drug-likeness (QED) is 0.652. The largest absolute Gasteiger partial charge is 0.368 e. The first-order valence-electron chi connectivity index (χ1n) is 10.1. The Labute approximate surface area is 187 Å². The third-order valence-electron chi connectivity index (χ3n) is 5.31. The van der Waals surface area contributed by atoms with Crippen LogP contribution in [-0.2, 0) is 14.8 Å². The van der Waals surface area contributed by atoms with E-state index < -0.39 is 10.0 Å². The summed E-state index contributed by atoms with van der Waals surface area (Å²) in [4.78, 5) is 30.0. The standard InChI is InChI=1S/C22H27FN4O4S/c1-24(2)22(29)17-4-8-20(9-5-17)27(32(3,30)31)16-21(28)26-14-12-25(13-15-26)19-10-6-18(23)7-11-19/h4-11H,12-16H2,1-3H3. The molecule has 3 rings (SSSR count). The molecule has 0 bridgehead atoms. The molecule has 2 aromatic carbocycles. The summed E-state index contributed by atoms with van der Waals surface area (Å²) in [7, 11) is -0.449. The van der Waals surface area contributed by atoms with E-state index in [0.29, 0.717) is 37.4 Å². The third-order valence-corrected chi connectivity index (χ3v) is 6.45. The zero-order chi connectivity index (χ0) is 23.5. The average Bonchev–Trinajstić information content (AvgIpc) is 2.77. The minimum atomic E-state index is -3.71. The minimum Gasteiger partial charge on any atom is -0.368 e. The molecule has 0 N–H and O–H groups in total. The molecule has 1 aliphatic rings. The zero-order valence-electron chi connectivity index (χ0n) is 18.4. The van der Waals surface area contributed by atoms with Gasteiger partial charge in [-0.1, -0.05) is 0 Å². The van der Waals surface area contributed by atoms with Crippen molar-refractivity contribution >= 4 is 33.2 Å². The highest BCUT2D eigenvalue weighted by Crippen LogP contribution is 2.21. The maximum absolute atomic E-state index is 13.1. The molecule has 32 heavy (non-hydrogen) atoms. The Morgan fingerprint density at radius 2 is 1.50 bits per heavy atom. The second-order valence-electron chi connectivity index (χ2n) is 7.86. The highest BCUT2D eigenvalue weighted by atomic mass is 32.2. The molecule has 1 aliphatic heterocycles. The van der Waals surface area contributed by atoms with Crippen LogP contribution in [0.3, 0.4) is 0 Å². The molecule has 10 heteroatoms. The van der Waals surface area contributed by atoms with Gasteiger partial charge in [-0.05, 0) is 48.5 Å². The Bertz CT molecular complexity index is 1060. The summed E-state index contributed by atoms with van der Waals surface area (Å²) in [6, 6.07) is 12.3. The van der Waals surface area contributed by atoms with Crippen LogP contribution in [-0.4, -0.2) is 83.1 Å². The summed E-state index contributed by atoms with van der Waals surface area (Å²) in [5.41, 5.74) is 1.63. The van der Waals surface area contributed by atoms with E-state index in [1.165, 1.54) is 29.2 Å². The first-order chi connectivity index (χ1) is 15.1. The molecular weight excluding hydrogens is 435 g/mol. The Balaban J connectivity index is 1.67. The molecule has 8 nitrogen and oxygen atoms in total. The molecule has 0 spiro atoms. The summed E-state index contributed by atoms with van der Waals surface area (Å²) >= 11 is 0. The van der Waals surface area contributed by atoms with Crippen LogP contribution in [0.5, 0.6) is 0 Å². The van der Waals surface area contributed by atoms with Gasteiger partial charge in [0.1, 0.15) is 12.4 Å². The molecule has 0 unspecified atom stereocenters. The highest BCUT2D eigenvalue weighted by Gasteiger charge is 2.27. The van der Waals surface area contributed by atoms with Gasteiger partial charge in [0.25, 0.3) is 5.91 Å². The molecule has 1 fully saturated rings. The van der Waals surface area contributed by atoms with E-state index >= 15 is 0 Å². The van der Waals surface area contributed by atoms with Crippen LogP contribution in [0.15, 0.2) is 48.5 Å². The summed E-state index contributed by atoms with van der Waals surface area (Å²) in [6.07, 6.45) is 1.05.